The summed E-state index contributed by atoms with van der Waals surface area (Å²) in [7, 11) is 0. The summed E-state index contributed by atoms with van der Waals surface area (Å²) in [4.78, 5) is 48.7. The average Bonchev–Trinajstić information content (AvgIpc) is 3.86. The molecule has 2 saturated carbocycles. The van der Waals surface area contributed by atoms with Crippen LogP contribution in [-0.4, -0.2) is 125 Å². The van der Waals surface area contributed by atoms with E-state index < -0.39 is 0 Å². The molecule has 10 rings (SSSR count). The number of aromatic nitrogens is 4. The third-order valence-corrected chi connectivity index (χ3v) is 15.1. The average molecular weight is 880 g/mol. The van der Waals surface area contributed by atoms with Gasteiger partial charge in [-0.2, -0.15) is 0 Å². The second-order valence-corrected chi connectivity index (χ2v) is 19.0. The first kappa shape index (κ1) is 42.7. The normalized spacial score (nSPS) is 22.7. The zero-order valence-corrected chi connectivity index (χ0v) is 37.1. The molecular formula is C46H57N9O5S2. The van der Waals surface area contributed by atoms with E-state index in [1.165, 1.54) is 25.7 Å². The van der Waals surface area contributed by atoms with Crippen molar-refractivity contribution >= 4 is 86.8 Å². The van der Waals surface area contributed by atoms with Crippen LogP contribution in [0.25, 0.3) is 40.6 Å². The molecule has 1 amide bonds. The molecule has 4 N–H and O–H groups in total. The molecule has 2 aromatic carbocycles. The van der Waals surface area contributed by atoms with Crippen LogP contribution in [0.3, 0.4) is 0 Å². The van der Waals surface area contributed by atoms with E-state index in [1.807, 2.05) is 19.1 Å². The molecular weight excluding hydrogens is 823 g/mol. The lowest BCUT2D eigenvalue weighted by Gasteiger charge is -2.39. The van der Waals surface area contributed by atoms with Crippen molar-refractivity contribution in [3.8, 4) is 0 Å². The van der Waals surface area contributed by atoms with Crippen LogP contribution in [0.1, 0.15) is 69.4 Å². The predicted molar refractivity (Wildman–Crippen MR) is 247 cm³/mol. The zero-order valence-electron chi connectivity index (χ0n) is 35.5. The Balaban J connectivity index is 0.000000158. The van der Waals surface area contributed by atoms with Crippen molar-refractivity contribution in [1.29, 1.82) is 0 Å². The number of anilines is 2. The molecule has 328 valence electrons. The second kappa shape index (κ2) is 19.9. The van der Waals surface area contributed by atoms with Gasteiger partial charge in [-0.05, 0) is 93.7 Å². The fraction of sp³-hybridized carbons (Fsp3) is 0.522. The van der Waals surface area contributed by atoms with Crippen molar-refractivity contribution in [2.24, 2.45) is 5.73 Å². The van der Waals surface area contributed by atoms with E-state index in [0.717, 1.165) is 142 Å². The number of nitrogens with zero attached hydrogens (tertiary/aromatic N) is 6. The van der Waals surface area contributed by atoms with Crippen LogP contribution < -0.4 is 16.4 Å². The number of nitrogens with two attached hydrogens (primary N) is 1. The van der Waals surface area contributed by atoms with Crippen molar-refractivity contribution in [2.75, 3.05) is 69.8 Å². The molecule has 4 aromatic heterocycles. The van der Waals surface area contributed by atoms with Crippen molar-refractivity contribution in [3.05, 3.63) is 60.2 Å². The number of hydrogen-bond donors (Lipinski definition) is 3. The first-order valence-corrected chi connectivity index (χ1v) is 23.9. The number of primary amides is 1. The van der Waals surface area contributed by atoms with Crippen LogP contribution in [0.15, 0.2) is 49.1 Å². The third-order valence-electron chi connectivity index (χ3n) is 12.9. The molecule has 0 unspecified atom stereocenters. The topological polar surface area (TPSA) is 170 Å². The standard InChI is InChI=1S/C24H30N4O3S.C22H27N5O2S/c1-2-31-21(29)14-16-3-8-20-19(13-16)22-23(25-15-26-24(22)32-20)27-17-4-6-18(7-5-17)28-9-11-30-12-10-28;23-19(28)12-14-1-6-18-17(11-14)20-21(24-13-25-22(20)30-18)26-15-2-4-16(5-3-15)27-7-9-29-10-8-27/h3,8,13,15,17-18H,2,4-7,9-12,14H2,1H3,(H,25,26,27);1,6,11,13,15-16H,2-5,7-10,12H2,(H2,23,28)(H,24,25,26). The minimum atomic E-state index is -0.319. The summed E-state index contributed by atoms with van der Waals surface area (Å²) in [5.41, 5.74) is 7.27. The molecule has 14 nitrogen and oxygen atoms in total. The molecule has 0 spiro atoms. The lowest BCUT2D eigenvalue weighted by Crippen LogP contribution is -2.46. The molecule has 0 bridgehead atoms. The maximum atomic E-state index is 12.0. The van der Waals surface area contributed by atoms with Gasteiger partial charge in [0.1, 0.15) is 34.0 Å². The Morgan fingerprint density at radius 3 is 1.56 bits per heavy atom. The Morgan fingerprint density at radius 1 is 0.677 bits per heavy atom. The van der Waals surface area contributed by atoms with Crippen LogP contribution >= 0.6 is 22.7 Å². The van der Waals surface area contributed by atoms with E-state index in [0.29, 0.717) is 30.8 Å². The Labute approximate surface area is 369 Å². The van der Waals surface area contributed by atoms with Crippen LogP contribution in [0.2, 0.25) is 0 Å². The molecule has 6 aromatic rings. The van der Waals surface area contributed by atoms with Crippen LogP contribution in [-0.2, 0) is 36.6 Å². The number of carbonyl (C=O) groups is 2. The van der Waals surface area contributed by atoms with E-state index in [1.54, 1.807) is 35.3 Å². The summed E-state index contributed by atoms with van der Waals surface area (Å²) in [6.07, 6.45) is 13.2. The van der Waals surface area contributed by atoms with Crippen LogP contribution in [0.4, 0.5) is 11.6 Å². The van der Waals surface area contributed by atoms with Crippen molar-refractivity contribution in [3.63, 3.8) is 0 Å². The Kier molecular flexibility index (Phi) is 13.7. The van der Waals surface area contributed by atoms with Crippen LogP contribution in [0, 0.1) is 0 Å². The number of fused-ring (bicyclic) bond motifs is 6. The van der Waals surface area contributed by atoms with E-state index in [-0.39, 0.29) is 24.7 Å². The number of ether oxygens (including phenoxy) is 3. The molecule has 0 atom stereocenters. The molecule has 2 aliphatic carbocycles. The van der Waals surface area contributed by atoms with E-state index in [2.05, 4.69) is 64.6 Å². The number of morpholine rings is 2. The maximum absolute atomic E-state index is 12.0. The fourth-order valence-corrected chi connectivity index (χ4v) is 11.8. The quantitative estimate of drug-likeness (QED) is 0.115. The van der Waals surface area contributed by atoms with Crippen molar-refractivity contribution in [1.82, 2.24) is 29.7 Å². The van der Waals surface area contributed by atoms with Gasteiger partial charge in [-0.15, -0.1) is 22.7 Å². The minimum absolute atomic E-state index is 0.196. The molecule has 0 radical (unpaired) electrons. The smallest absolute Gasteiger partial charge is 0.310 e. The second-order valence-electron chi connectivity index (χ2n) is 16.9. The van der Waals surface area contributed by atoms with Gasteiger partial charge in [-0.1, -0.05) is 12.1 Å². The first-order valence-electron chi connectivity index (χ1n) is 22.3. The van der Waals surface area contributed by atoms with Crippen molar-refractivity contribution in [2.45, 2.75) is 95.3 Å². The number of rotatable bonds is 11. The van der Waals surface area contributed by atoms with Gasteiger partial charge in [0, 0.05) is 70.5 Å². The van der Waals surface area contributed by atoms with Gasteiger partial charge in [0.15, 0.2) is 0 Å². The number of esters is 1. The highest BCUT2D eigenvalue weighted by Gasteiger charge is 2.29. The maximum Gasteiger partial charge on any atom is 0.310 e. The highest BCUT2D eigenvalue weighted by molar-refractivity contribution is 7.26. The predicted octanol–water partition coefficient (Wildman–Crippen LogP) is 6.93. The first-order chi connectivity index (χ1) is 30.4. The van der Waals surface area contributed by atoms with E-state index in [4.69, 9.17) is 19.9 Å². The molecule has 4 aliphatic rings. The van der Waals surface area contributed by atoms with Gasteiger partial charge in [0.2, 0.25) is 5.91 Å². The zero-order chi connectivity index (χ0) is 42.4. The van der Waals surface area contributed by atoms with Gasteiger partial charge < -0.3 is 30.6 Å². The van der Waals surface area contributed by atoms with E-state index >= 15 is 0 Å². The largest absolute Gasteiger partial charge is 0.466 e. The van der Waals surface area contributed by atoms with Crippen LogP contribution in [0.5, 0.6) is 0 Å². The number of amides is 1. The molecule has 2 aliphatic heterocycles. The lowest BCUT2D eigenvalue weighted by molar-refractivity contribution is -0.142. The number of thiophene rings is 2. The summed E-state index contributed by atoms with van der Waals surface area (Å²) in [5, 5.41) is 11.8. The monoisotopic (exact) mass is 879 g/mol. The summed E-state index contributed by atoms with van der Waals surface area (Å²) in [6.45, 7) is 9.92. The van der Waals surface area contributed by atoms with Gasteiger partial charge in [-0.25, -0.2) is 19.9 Å². The molecule has 16 heteroatoms. The summed E-state index contributed by atoms with van der Waals surface area (Å²) < 4.78 is 18.4. The molecule has 2 saturated heterocycles. The Bertz CT molecular complexity index is 2490. The molecule has 4 fully saturated rings. The summed E-state index contributed by atoms with van der Waals surface area (Å²) >= 11 is 3.33. The van der Waals surface area contributed by atoms with Gasteiger partial charge >= 0.3 is 5.97 Å². The number of nitrogens with one attached hydrogen (secondary N) is 2. The van der Waals surface area contributed by atoms with Gasteiger partial charge in [0.05, 0.1) is 56.6 Å². The number of benzene rings is 2. The van der Waals surface area contributed by atoms with Gasteiger partial charge in [0.25, 0.3) is 0 Å². The Hall–Kier alpha value is -4.58. The van der Waals surface area contributed by atoms with E-state index in [9.17, 15) is 9.59 Å². The minimum Gasteiger partial charge on any atom is -0.466 e. The summed E-state index contributed by atoms with van der Waals surface area (Å²) in [6, 6.07) is 14.4. The number of hydrogen-bond acceptors (Lipinski definition) is 15. The lowest BCUT2D eigenvalue weighted by atomic mass is 9.90. The molecule has 62 heavy (non-hydrogen) atoms. The summed E-state index contributed by atoms with van der Waals surface area (Å²) in [5.74, 6) is 1.29. The molecule has 6 heterocycles. The van der Waals surface area contributed by atoms with Crippen molar-refractivity contribution < 1.29 is 23.8 Å². The fourth-order valence-electron chi connectivity index (χ4n) is 9.77. The third kappa shape index (κ3) is 9.95. The highest BCUT2D eigenvalue weighted by atomic mass is 32.1. The van der Waals surface area contributed by atoms with Gasteiger partial charge in [-0.3, -0.25) is 19.4 Å². The number of carbonyl (C=O) groups excluding carboxylic acids is 2. The Morgan fingerprint density at radius 2 is 1.13 bits per heavy atom. The SMILES string of the molecule is CCOC(=O)Cc1ccc2sc3ncnc(NC4CCC(N5CCOCC5)CC4)c3c2c1.NC(=O)Cc1ccc2sc3ncnc(NC4CCC(N5CCOCC5)CC4)c3c2c1. The highest BCUT2D eigenvalue weighted by Crippen LogP contribution is 2.39.